The van der Waals surface area contributed by atoms with Gasteiger partial charge in [0, 0.05) is 6.42 Å². The zero-order chi connectivity index (χ0) is 13.1. The van der Waals surface area contributed by atoms with E-state index in [-0.39, 0.29) is 0 Å². The van der Waals surface area contributed by atoms with Gasteiger partial charge in [0.05, 0.1) is 12.1 Å². The molecule has 0 amide bonds. The van der Waals surface area contributed by atoms with Gasteiger partial charge in [0.1, 0.15) is 23.4 Å². The number of aryl methyl sites for hydroxylation is 1. The van der Waals surface area contributed by atoms with Crippen molar-refractivity contribution >= 4 is 11.6 Å². The Balaban J connectivity index is 2.30. The Morgan fingerprint density at radius 1 is 1.33 bits per heavy atom. The minimum Gasteiger partial charge on any atom is -0.495 e. The highest BCUT2D eigenvalue weighted by molar-refractivity contribution is 6.32. The van der Waals surface area contributed by atoms with E-state index in [1.54, 1.807) is 31.4 Å². The summed E-state index contributed by atoms with van der Waals surface area (Å²) in [5.74, 6) is 1.91. The van der Waals surface area contributed by atoms with Crippen LogP contribution in [0.1, 0.15) is 30.1 Å². The second-order valence-corrected chi connectivity index (χ2v) is 4.36. The number of ether oxygens (including phenoxy) is 1. The molecule has 1 unspecified atom stereocenters. The monoisotopic (exact) mass is 266 g/mol. The minimum atomic E-state index is -0.809. The van der Waals surface area contributed by atoms with Crippen molar-refractivity contribution in [1.82, 2.24) is 0 Å². The fraction of sp³-hybridized carbons (Fsp3) is 0.286. The van der Waals surface area contributed by atoms with Gasteiger partial charge in [-0.25, -0.2) is 0 Å². The van der Waals surface area contributed by atoms with E-state index in [9.17, 15) is 5.11 Å². The van der Waals surface area contributed by atoms with Gasteiger partial charge in [0.25, 0.3) is 0 Å². The molecule has 0 aliphatic carbocycles. The number of methoxy groups -OCH3 is 1. The zero-order valence-corrected chi connectivity index (χ0v) is 11.1. The molecule has 0 saturated heterocycles. The van der Waals surface area contributed by atoms with Gasteiger partial charge in [-0.1, -0.05) is 24.6 Å². The molecule has 0 fully saturated rings. The molecular weight excluding hydrogens is 252 g/mol. The molecule has 96 valence electrons. The number of aliphatic hydroxyl groups is 1. The summed E-state index contributed by atoms with van der Waals surface area (Å²) < 4.78 is 10.7. The standard InChI is InChI=1S/C14H15ClO3/c1-3-10-5-7-12(18-10)14(16)9-4-6-11(15)13(8-9)17-2/h4-8,14,16H,3H2,1-2H3. The van der Waals surface area contributed by atoms with Gasteiger partial charge in [0.2, 0.25) is 0 Å². The Morgan fingerprint density at radius 2 is 2.11 bits per heavy atom. The summed E-state index contributed by atoms with van der Waals surface area (Å²) in [6.07, 6.45) is -0.00659. The lowest BCUT2D eigenvalue weighted by Crippen LogP contribution is -1.98. The molecule has 2 rings (SSSR count). The van der Waals surface area contributed by atoms with E-state index in [0.29, 0.717) is 22.1 Å². The Hall–Kier alpha value is -1.45. The molecule has 0 radical (unpaired) electrons. The van der Waals surface area contributed by atoms with Crippen molar-refractivity contribution < 1.29 is 14.3 Å². The fourth-order valence-electron chi connectivity index (χ4n) is 1.74. The summed E-state index contributed by atoms with van der Waals surface area (Å²) in [6, 6.07) is 8.81. The van der Waals surface area contributed by atoms with E-state index < -0.39 is 6.10 Å². The first-order chi connectivity index (χ1) is 8.65. The third-order valence-corrected chi connectivity index (χ3v) is 3.10. The summed E-state index contributed by atoms with van der Waals surface area (Å²) in [5, 5.41) is 10.7. The summed E-state index contributed by atoms with van der Waals surface area (Å²) in [7, 11) is 1.54. The molecule has 1 aromatic carbocycles. The molecule has 0 spiro atoms. The van der Waals surface area contributed by atoms with Gasteiger partial charge in [-0.15, -0.1) is 0 Å². The Kier molecular flexibility index (Phi) is 3.94. The molecular formula is C14H15ClO3. The summed E-state index contributed by atoms with van der Waals surface area (Å²) in [4.78, 5) is 0. The maximum atomic E-state index is 10.2. The lowest BCUT2D eigenvalue weighted by molar-refractivity contribution is 0.186. The van der Waals surface area contributed by atoms with Crippen LogP contribution in [0.5, 0.6) is 5.75 Å². The molecule has 1 heterocycles. The third-order valence-electron chi connectivity index (χ3n) is 2.79. The van der Waals surface area contributed by atoms with E-state index in [1.807, 2.05) is 13.0 Å². The van der Waals surface area contributed by atoms with E-state index in [1.165, 1.54) is 0 Å². The molecule has 3 nitrogen and oxygen atoms in total. The van der Waals surface area contributed by atoms with Crippen LogP contribution in [0, 0.1) is 0 Å². The van der Waals surface area contributed by atoms with Crippen LogP contribution in [0.15, 0.2) is 34.7 Å². The first-order valence-corrected chi connectivity index (χ1v) is 6.13. The van der Waals surface area contributed by atoms with Gasteiger partial charge in [-0.2, -0.15) is 0 Å². The highest BCUT2D eigenvalue weighted by atomic mass is 35.5. The zero-order valence-electron chi connectivity index (χ0n) is 10.3. The van der Waals surface area contributed by atoms with Crippen molar-refractivity contribution in [1.29, 1.82) is 0 Å². The van der Waals surface area contributed by atoms with Crippen LogP contribution in [-0.2, 0) is 6.42 Å². The van der Waals surface area contributed by atoms with Crippen molar-refractivity contribution in [3.05, 3.63) is 52.4 Å². The lowest BCUT2D eigenvalue weighted by Gasteiger charge is -2.10. The van der Waals surface area contributed by atoms with Gasteiger partial charge < -0.3 is 14.3 Å². The van der Waals surface area contributed by atoms with Crippen molar-refractivity contribution in [3.63, 3.8) is 0 Å². The largest absolute Gasteiger partial charge is 0.495 e. The molecule has 1 aromatic heterocycles. The highest BCUT2D eigenvalue weighted by Crippen LogP contribution is 2.31. The second-order valence-electron chi connectivity index (χ2n) is 3.95. The molecule has 2 aromatic rings. The number of rotatable bonds is 4. The topological polar surface area (TPSA) is 42.6 Å². The van der Waals surface area contributed by atoms with Crippen LogP contribution < -0.4 is 4.74 Å². The maximum Gasteiger partial charge on any atom is 0.137 e. The van der Waals surface area contributed by atoms with E-state index in [4.69, 9.17) is 20.8 Å². The molecule has 18 heavy (non-hydrogen) atoms. The molecule has 0 saturated carbocycles. The van der Waals surface area contributed by atoms with E-state index in [2.05, 4.69) is 0 Å². The van der Waals surface area contributed by atoms with Gasteiger partial charge >= 0.3 is 0 Å². The van der Waals surface area contributed by atoms with Crippen molar-refractivity contribution in [3.8, 4) is 5.75 Å². The fourth-order valence-corrected chi connectivity index (χ4v) is 1.94. The Labute approximate surface area is 111 Å². The predicted octanol–water partition coefficient (Wildman–Crippen LogP) is 3.59. The van der Waals surface area contributed by atoms with Crippen LogP contribution in [0.2, 0.25) is 5.02 Å². The van der Waals surface area contributed by atoms with Crippen LogP contribution >= 0.6 is 11.6 Å². The third kappa shape index (κ3) is 2.52. The first-order valence-electron chi connectivity index (χ1n) is 5.75. The normalized spacial score (nSPS) is 12.4. The Bertz CT molecular complexity index is 534. The number of benzene rings is 1. The second kappa shape index (κ2) is 5.46. The van der Waals surface area contributed by atoms with Gasteiger partial charge in [-0.05, 0) is 29.8 Å². The molecule has 0 aliphatic rings. The van der Waals surface area contributed by atoms with E-state index >= 15 is 0 Å². The van der Waals surface area contributed by atoms with Crippen LogP contribution in [0.3, 0.4) is 0 Å². The number of hydrogen-bond donors (Lipinski definition) is 1. The SMILES string of the molecule is CCc1ccc(C(O)c2ccc(Cl)c(OC)c2)o1. The summed E-state index contributed by atoms with van der Waals surface area (Å²) >= 11 is 5.94. The average molecular weight is 267 g/mol. The van der Waals surface area contributed by atoms with E-state index in [0.717, 1.165) is 12.2 Å². The van der Waals surface area contributed by atoms with Gasteiger partial charge in [0.15, 0.2) is 0 Å². The number of hydrogen-bond acceptors (Lipinski definition) is 3. The first kappa shape index (κ1) is 13.0. The molecule has 0 aliphatic heterocycles. The van der Waals surface area contributed by atoms with Crippen molar-refractivity contribution in [2.75, 3.05) is 7.11 Å². The van der Waals surface area contributed by atoms with Crippen LogP contribution in [0.25, 0.3) is 0 Å². The Morgan fingerprint density at radius 3 is 2.72 bits per heavy atom. The highest BCUT2D eigenvalue weighted by Gasteiger charge is 2.16. The smallest absolute Gasteiger partial charge is 0.137 e. The maximum absolute atomic E-state index is 10.2. The van der Waals surface area contributed by atoms with Crippen molar-refractivity contribution in [2.45, 2.75) is 19.4 Å². The lowest BCUT2D eigenvalue weighted by atomic mass is 10.1. The summed E-state index contributed by atoms with van der Waals surface area (Å²) in [5.41, 5.74) is 0.688. The molecule has 4 heteroatoms. The van der Waals surface area contributed by atoms with Crippen LogP contribution in [-0.4, -0.2) is 12.2 Å². The van der Waals surface area contributed by atoms with Crippen LogP contribution in [0.4, 0.5) is 0 Å². The molecule has 0 bridgehead atoms. The molecule has 1 N–H and O–H groups in total. The number of aliphatic hydroxyl groups excluding tert-OH is 1. The predicted molar refractivity (Wildman–Crippen MR) is 70.2 cm³/mol. The quantitative estimate of drug-likeness (QED) is 0.920. The molecule has 1 atom stereocenters. The minimum absolute atomic E-state index is 0.516. The number of furan rings is 1. The average Bonchev–Trinajstić information content (AvgIpc) is 2.87. The van der Waals surface area contributed by atoms with Gasteiger partial charge in [-0.3, -0.25) is 0 Å². The summed E-state index contributed by atoms with van der Waals surface area (Å²) in [6.45, 7) is 2.00. The number of halogens is 1. The van der Waals surface area contributed by atoms with Crippen molar-refractivity contribution in [2.24, 2.45) is 0 Å².